The van der Waals surface area contributed by atoms with Crippen LogP contribution in [0.2, 0.25) is 0 Å². The Hall–Kier alpha value is -2.25. The van der Waals surface area contributed by atoms with Crippen LogP contribution in [0.3, 0.4) is 0 Å². The monoisotopic (exact) mass is 328 g/mol. The van der Waals surface area contributed by atoms with E-state index in [1.807, 2.05) is 35.1 Å². The first-order valence-corrected chi connectivity index (χ1v) is 8.38. The molecule has 7 heteroatoms. The Morgan fingerprint density at radius 3 is 3.22 bits per heavy atom. The van der Waals surface area contributed by atoms with E-state index in [0.717, 1.165) is 28.8 Å². The summed E-state index contributed by atoms with van der Waals surface area (Å²) in [6.07, 6.45) is 2.73. The molecule has 0 aliphatic carbocycles. The largest absolute Gasteiger partial charge is 0.376 e. The highest BCUT2D eigenvalue weighted by molar-refractivity contribution is 7.20. The van der Waals surface area contributed by atoms with Crippen LogP contribution >= 0.6 is 11.3 Å². The highest BCUT2D eigenvalue weighted by atomic mass is 32.1. The van der Waals surface area contributed by atoms with Gasteiger partial charge in [-0.1, -0.05) is 12.1 Å². The molecule has 0 saturated heterocycles. The zero-order valence-corrected chi connectivity index (χ0v) is 13.3. The quantitative estimate of drug-likeness (QED) is 0.795. The van der Waals surface area contributed by atoms with Crippen molar-refractivity contribution in [3.05, 3.63) is 46.7 Å². The SMILES string of the molecule is O=C(NCCn1ncc2c1CCOC2)c1nc2ccccc2s1. The van der Waals surface area contributed by atoms with E-state index >= 15 is 0 Å². The number of nitrogens with one attached hydrogen (secondary N) is 1. The summed E-state index contributed by atoms with van der Waals surface area (Å²) in [5.74, 6) is -0.129. The molecule has 4 rings (SSSR count). The minimum atomic E-state index is -0.129. The van der Waals surface area contributed by atoms with Crippen molar-refractivity contribution < 1.29 is 9.53 Å². The van der Waals surface area contributed by atoms with E-state index in [4.69, 9.17) is 4.74 Å². The lowest BCUT2D eigenvalue weighted by Crippen LogP contribution is -2.28. The number of ether oxygens (including phenoxy) is 1. The number of nitrogens with zero attached hydrogens (tertiary/aromatic N) is 3. The van der Waals surface area contributed by atoms with Crippen molar-refractivity contribution in [2.75, 3.05) is 13.2 Å². The number of carbonyl (C=O) groups excluding carboxylic acids is 1. The van der Waals surface area contributed by atoms with Gasteiger partial charge in [-0.05, 0) is 12.1 Å². The molecule has 118 valence electrons. The molecule has 1 aromatic carbocycles. The third-order valence-electron chi connectivity index (χ3n) is 3.87. The van der Waals surface area contributed by atoms with Crippen molar-refractivity contribution in [3.63, 3.8) is 0 Å². The third kappa shape index (κ3) is 2.85. The second kappa shape index (κ2) is 6.10. The summed E-state index contributed by atoms with van der Waals surface area (Å²) < 4.78 is 8.39. The predicted octanol–water partition coefficient (Wildman–Crippen LogP) is 2.00. The number of benzene rings is 1. The molecule has 6 nitrogen and oxygen atoms in total. The van der Waals surface area contributed by atoms with Crippen LogP contribution < -0.4 is 5.32 Å². The lowest BCUT2D eigenvalue weighted by molar-refractivity contribution is 0.0950. The van der Waals surface area contributed by atoms with Crippen molar-refractivity contribution in [2.24, 2.45) is 0 Å². The Morgan fingerprint density at radius 1 is 1.39 bits per heavy atom. The number of para-hydroxylation sites is 1. The first kappa shape index (κ1) is 14.3. The van der Waals surface area contributed by atoms with Crippen LogP contribution in [0.1, 0.15) is 21.1 Å². The fourth-order valence-electron chi connectivity index (χ4n) is 2.72. The molecule has 1 N–H and O–H groups in total. The molecule has 3 heterocycles. The standard InChI is InChI=1S/C16H16N4O2S/c21-15(16-19-12-3-1-2-4-14(12)23-16)17-6-7-20-13-5-8-22-10-11(13)9-18-20/h1-4,9H,5-8,10H2,(H,17,21). The Labute approximate surface area is 137 Å². The average molecular weight is 328 g/mol. The van der Waals surface area contributed by atoms with Crippen molar-refractivity contribution in [2.45, 2.75) is 19.6 Å². The molecule has 0 unspecified atom stereocenters. The number of carbonyl (C=O) groups is 1. The molecule has 2 aromatic heterocycles. The Kier molecular flexibility index (Phi) is 3.80. The first-order valence-electron chi connectivity index (χ1n) is 7.56. The molecule has 0 saturated carbocycles. The second-order valence-corrected chi connectivity index (χ2v) is 6.42. The number of fused-ring (bicyclic) bond motifs is 2. The van der Waals surface area contributed by atoms with Gasteiger partial charge in [0.1, 0.15) is 0 Å². The van der Waals surface area contributed by atoms with Gasteiger partial charge in [-0.15, -0.1) is 11.3 Å². The molecular formula is C16H16N4O2S. The van der Waals surface area contributed by atoms with E-state index in [-0.39, 0.29) is 5.91 Å². The molecule has 1 amide bonds. The molecule has 1 aliphatic rings. The summed E-state index contributed by atoms with van der Waals surface area (Å²) in [6, 6.07) is 7.77. The van der Waals surface area contributed by atoms with E-state index in [1.54, 1.807) is 0 Å². The van der Waals surface area contributed by atoms with Crippen LogP contribution in [-0.4, -0.2) is 33.8 Å². The summed E-state index contributed by atoms with van der Waals surface area (Å²) in [4.78, 5) is 16.6. The number of hydrogen-bond donors (Lipinski definition) is 1. The summed E-state index contributed by atoms with van der Waals surface area (Å²) in [5.41, 5.74) is 3.23. The van der Waals surface area contributed by atoms with Crippen molar-refractivity contribution in [1.29, 1.82) is 0 Å². The number of amides is 1. The van der Waals surface area contributed by atoms with Gasteiger partial charge in [0.2, 0.25) is 0 Å². The Balaban J connectivity index is 1.39. The molecule has 0 atom stereocenters. The van der Waals surface area contributed by atoms with Crippen molar-refractivity contribution in [3.8, 4) is 0 Å². The maximum Gasteiger partial charge on any atom is 0.280 e. The van der Waals surface area contributed by atoms with Crippen molar-refractivity contribution in [1.82, 2.24) is 20.1 Å². The molecule has 0 radical (unpaired) electrons. The smallest absolute Gasteiger partial charge is 0.280 e. The summed E-state index contributed by atoms with van der Waals surface area (Å²) in [7, 11) is 0. The molecule has 0 bridgehead atoms. The highest BCUT2D eigenvalue weighted by Gasteiger charge is 2.16. The zero-order chi connectivity index (χ0) is 15.6. The number of hydrogen-bond acceptors (Lipinski definition) is 5. The van der Waals surface area contributed by atoms with Gasteiger partial charge >= 0.3 is 0 Å². The number of aromatic nitrogens is 3. The second-order valence-electron chi connectivity index (χ2n) is 5.38. The van der Waals surface area contributed by atoms with E-state index < -0.39 is 0 Å². The topological polar surface area (TPSA) is 69.0 Å². The first-order chi connectivity index (χ1) is 11.3. The summed E-state index contributed by atoms with van der Waals surface area (Å²) in [6.45, 7) is 2.56. The summed E-state index contributed by atoms with van der Waals surface area (Å²) in [5, 5.41) is 7.80. The average Bonchev–Trinajstić information content (AvgIpc) is 3.19. The van der Waals surface area contributed by atoms with Crippen LogP contribution in [0.25, 0.3) is 10.2 Å². The zero-order valence-electron chi connectivity index (χ0n) is 12.5. The normalized spacial score (nSPS) is 13.9. The van der Waals surface area contributed by atoms with E-state index in [1.165, 1.54) is 17.0 Å². The van der Waals surface area contributed by atoms with Crippen LogP contribution in [0.5, 0.6) is 0 Å². The maximum absolute atomic E-state index is 12.2. The van der Waals surface area contributed by atoms with Crippen LogP contribution in [0, 0.1) is 0 Å². The van der Waals surface area contributed by atoms with Gasteiger partial charge in [0.15, 0.2) is 5.01 Å². The Morgan fingerprint density at radius 2 is 2.30 bits per heavy atom. The third-order valence-corrected chi connectivity index (χ3v) is 4.91. The van der Waals surface area contributed by atoms with Crippen molar-refractivity contribution >= 4 is 27.5 Å². The molecule has 3 aromatic rings. The van der Waals surface area contributed by atoms with E-state index in [0.29, 0.717) is 24.7 Å². The fourth-order valence-corrected chi connectivity index (χ4v) is 3.61. The van der Waals surface area contributed by atoms with Crippen LogP contribution in [0.4, 0.5) is 0 Å². The predicted molar refractivity (Wildman–Crippen MR) is 87.5 cm³/mol. The lowest BCUT2D eigenvalue weighted by atomic mass is 10.2. The minimum absolute atomic E-state index is 0.129. The molecule has 0 spiro atoms. The van der Waals surface area contributed by atoms with Crippen LogP contribution in [0.15, 0.2) is 30.5 Å². The minimum Gasteiger partial charge on any atom is -0.376 e. The molecule has 1 aliphatic heterocycles. The van der Waals surface area contributed by atoms with Gasteiger partial charge < -0.3 is 10.1 Å². The van der Waals surface area contributed by atoms with Gasteiger partial charge in [-0.25, -0.2) is 4.98 Å². The number of thiazole rings is 1. The van der Waals surface area contributed by atoms with Crippen LogP contribution in [-0.2, 0) is 24.3 Å². The van der Waals surface area contributed by atoms with Gasteiger partial charge in [0.25, 0.3) is 5.91 Å². The molecular weight excluding hydrogens is 312 g/mol. The Bertz CT molecular complexity index is 822. The molecule has 23 heavy (non-hydrogen) atoms. The lowest BCUT2D eigenvalue weighted by Gasteiger charge is -2.14. The van der Waals surface area contributed by atoms with E-state index in [2.05, 4.69) is 15.4 Å². The molecule has 0 fully saturated rings. The van der Waals surface area contributed by atoms with E-state index in [9.17, 15) is 4.79 Å². The fraction of sp³-hybridized carbons (Fsp3) is 0.312. The van der Waals surface area contributed by atoms with Gasteiger partial charge in [-0.2, -0.15) is 5.10 Å². The maximum atomic E-state index is 12.2. The summed E-state index contributed by atoms with van der Waals surface area (Å²) >= 11 is 1.41. The van der Waals surface area contributed by atoms with Gasteiger partial charge in [0.05, 0.1) is 36.2 Å². The number of rotatable bonds is 4. The highest BCUT2D eigenvalue weighted by Crippen LogP contribution is 2.21. The van der Waals surface area contributed by atoms with Gasteiger partial charge in [0, 0.05) is 24.2 Å². The van der Waals surface area contributed by atoms with Gasteiger partial charge in [-0.3, -0.25) is 9.48 Å².